The predicted octanol–water partition coefficient (Wildman–Crippen LogP) is 1.15. The Balaban J connectivity index is 1.99. The second-order valence-corrected chi connectivity index (χ2v) is 3.21. The molecule has 1 N–H and O–H groups in total. The molecule has 1 heteroatoms. The van der Waals surface area contributed by atoms with E-state index in [0.29, 0.717) is 0 Å². The van der Waals surface area contributed by atoms with E-state index in [1.807, 2.05) is 0 Å². The predicted molar refractivity (Wildman–Crippen MR) is 33.7 cm³/mol. The normalized spacial score (nSPS) is 52.9. The van der Waals surface area contributed by atoms with Crippen LogP contribution in [0.4, 0.5) is 0 Å². The van der Waals surface area contributed by atoms with Crippen molar-refractivity contribution in [2.45, 2.75) is 38.3 Å². The monoisotopic (exact) mass is 111 g/mol. The summed E-state index contributed by atoms with van der Waals surface area (Å²) in [6, 6.07) is 1.85. The first-order valence-electron chi connectivity index (χ1n) is 3.64. The molecule has 0 unspecified atom stereocenters. The van der Waals surface area contributed by atoms with Crippen LogP contribution >= 0.6 is 0 Å². The minimum Gasteiger partial charge on any atom is -0.308 e. The van der Waals surface area contributed by atoms with E-state index in [9.17, 15) is 0 Å². The Labute approximate surface area is 50.5 Å². The zero-order valence-electron chi connectivity index (χ0n) is 5.35. The Kier molecular flexibility index (Phi) is 0.884. The Morgan fingerprint density at radius 3 is 2.88 bits per heavy atom. The molecule has 1 nitrogen and oxygen atoms in total. The molecule has 1 saturated carbocycles. The number of fused-ring (bicyclic) bond motifs is 1. The summed E-state index contributed by atoms with van der Waals surface area (Å²) in [6.07, 6.45) is 4.35. The fourth-order valence-electron chi connectivity index (χ4n) is 1.85. The summed E-state index contributed by atoms with van der Waals surface area (Å²) < 4.78 is 0. The summed E-state index contributed by atoms with van der Waals surface area (Å²) in [5.74, 6) is 0.966. The highest BCUT2D eigenvalue weighted by Gasteiger charge is 2.42. The van der Waals surface area contributed by atoms with Gasteiger partial charge in [-0.3, -0.25) is 0 Å². The van der Waals surface area contributed by atoms with Gasteiger partial charge in [-0.05, 0) is 18.8 Å². The Hall–Kier alpha value is -0.0400. The maximum Gasteiger partial charge on any atom is 0.0250 e. The van der Waals surface area contributed by atoms with E-state index in [1.165, 1.54) is 19.3 Å². The van der Waals surface area contributed by atoms with Crippen LogP contribution in [0.2, 0.25) is 0 Å². The second-order valence-electron chi connectivity index (χ2n) is 3.21. The Bertz CT molecular complexity index is 101. The van der Waals surface area contributed by atoms with E-state index in [0.717, 1.165) is 18.0 Å². The van der Waals surface area contributed by atoms with E-state index in [4.69, 9.17) is 0 Å². The molecule has 0 aromatic heterocycles. The average molecular weight is 111 g/mol. The van der Waals surface area contributed by atoms with Crippen molar-refractivity contribution in [3.05, 3.63) is 0 Å². The molecule has 8 heavy (non-hydrogen) atoms. The van der Waals surface area contributed by atoms with E-state index in [-0.39, 0.29) is 0 Å². The summed E-state index contributed by atoms with van der Waals surface area (Å²) in [7, 11) is 0. The molecule has 0 radical (unpaired) electrons. The van der Waals surface area contributed by atoms with Gasteiger partial charge >= 0.3 is 0 Å². The number of hydrogen-bond donors (Lipinski definition) is 1. The first-order chi connectivity index (χ1) is 3.88. The Morgan fingerprint density at radius 2 is 2.25 bits per heavy atom. The zero-order valence-corrected chi connectivity index (χ0v) is 5.35. The summed E-state index contributed by atoms with van der Waals surface area (Å²) in [5.41, 5.74) is 0. The summed E-state index contributed by atoms with van der Waals surface area (Å²) in [6.45, 7) is 2.36. The molecule has 0 aromatic carbocycles. The van der Waals surface area contributed by atoms with Gasteiger partial charge < -0.3 is 5.32 Å². The molecular formula is C7H13N. The average Bonchev–Trinajstić information content (AvgIpc) is 2.45. The molecule has 0 aromatic rings. The molecule has 1 heterocycles. The standard InChI is InChI=1S/C7H13N/c1-5-3-2-4-6-7(5)8-6/h5-8H,2-4H2,1H3/t5-,6-,7+/m1/s1. The van der Waals surface area contributed by atoms with Gasteiger partial charge in [-0.15, -0.1) is 0 Å². The van der Waals surface area contributed by atoms with Crippen molar-refractivity contribution < 1.29 is 0 Å². The lowest BCUT2D eigenvalue weighted by Crippen LogP contribution is -2.12. The molecule has 2 aliphatic rings. The molecule has 1 aliphatic carbocycles. The van der Waals surface area contributed by atoms with Crippen molar-refractivity contribution in [2.75, 3.05) is 0 Å². The minimum atomic E-state index is 0.920. The maximum atomic E-state index is 3.48. The highest BCUT2D eigenvalue weighted by Crippen LogP contribution is 2.33. The van der Waals surface area contributed by atoms with Crippen LogP contribution in [0.3, 0.4) is 0 Å². The lowest BCUT2D eigenvalue weighted by molar-refractivity contribution is 0.438. The number of nitrogens with one attached hydrogen (secondary N) is 1. The van der Waals surface area contributed by atoms with Crippen LogP contribution in [0.15, 0.2) is 0 Å². The second kappa shape index (κ2) is 1.47. The van der Waals surface area contributed by atoms with Crippen LogP contribution in [0.25, 0.3) is 0 Å². The van der Waals surface area contributed by atoms with Gasteiger partial charge in [0.1, 0.15) is 0 Å². The van der Waals surface area contributed by atoms with Crippen molar-refractivity contribution >= 4 is 0 Å². The molecule has 2 fully saturated rings. The van der Waals surface area contributed by atoms with Crippen LogP contribution in [-0.4, -0.2) is 12.1 Å². The molecule has 46 valence electrons. The van der Waals surface area contributed by atoms with Gasteiger partial charge in [0.25, 0.3) is 0 Å². The van der Waals surface area contributed by atoms with Crippen LogP contribution in [0.5, 0.6) is 0 Å². The van der Waals surface area contributed by atoms with Crippen LogP contribution in [0.1, 0.15) is 26.2 Å². The highest BCUT2D eigenvalue weighted by molar-refractivity contribution is 5.03. The Morgan fingerprint density at radius 1 is 1.38 bits per heavy atom. The highest BCUT2D eigenvalue weighted by atomic mass is 15.2. The van der Waals surface area contributed by atoms with Gasteiger partial charge in [-0.2, -0.15) is 0 Å². The van der Waals surface area contributed by atoms with Crippen molar-refractivity contribution in [3.63, 3.8) is 0 Å². The lowest BCUT2D eigenvalue weighted by atomic mass is 9.91. The minimum absolute atomic E-state index is 0.920. The summed E-state index contributed by atoms with van der Waals surface area (Å²) in [4.78, 5) is 0. The van der Waals surface area contributed by atoms with Gasteiger partial charge in [-0.1, -0.05) is 13.3 Å². The third-order valence-corrected chi connectivity index (χ3v) is 2.52. The van der Waals surface area contributed by atoms with Gasteiger partial charge in [0, 0.05) is 12.1 Å². The molecule has 0 bridgehead atoms. The number of hydrogen-bond acceptors (Lipinski definition) is 1. The van der Waals surface area contributed by atoms with Crippen LogP contribution in [0, 0.1) is 5.92 Å². The topological polar surface area (TPSA) is 21.9 Å². The van der Waals surface area contributed by atoms with Crippen LogP contribution in [-0.2, 0) is 0 Å². The summed E-state index contributed by atoms with van der Waals surface area (Å²) >= 11 is 0. The van der Waals surface area contributed by atoms with Crippen molar-refractivity contribution in [3.8, 4) is 0 Å². The van der Waals surface area contributed by atoms with Gasteiger partial charge in [0.05, 0.1) is 0 Å². The fourth-order valence-corrected chi connectivity index (χ4v) is 1.85. The molecule has 0 amide bonds. The summed E-state index contributed by atoms with van der Waals surface area (Å²) in [5, 5.41) is 3.48. The molecule has 1 saturated heterocycles. The molecule has 1 aliphatic heterocycles. The third-order valence-electron chi connectivity index (χ3n) is 2.52. The first-order valence-corrected chi connectivity index (χ1v) is 3.64. The van der Waals surface area contributed by atoms with Gasteiger partial charge in [-0.25, -0.2) is 0 Å². The van der Waals surface area contributed by atoms with Crippen molar-refractivity contribution in [1.29, 1.82) is 0 Å². The molecule has 0 spiro atoms. The quantitative estimate of drug-likeness (QED) is 0.465. The van der Waals surface area contributed by atoms with Crippen molar-refractivity contribution in [1.82, 2.24) is 5.32 Å². The van der Waals surface area contributed by atoms with E-state index < -0.39 is 0 Å². The number of rotatable bonds is 0. The fraction of sp³-hybridized carbons (Fsp3) is 1.00. The largest absolute Gasteiger partial charge is 0.308 e. The molecular weight excluding hydrogens is 98.1 g/mol. The van der Waals surface area contributed by atoms with Gasteiger partial charge in [0.2, 0.25) is 0 Å². The smallest absolute Gasteiger partial charge is 0.0250 e. The third kappa shape index (κ3) is 0.576. The van der Waals surface area contributed by atoms with Gasteiger partial charge in [0.15, 0.2) is 0 Å². The van der Waals surface area contributed by atoms with Crippen molar-refractivity contribution in [2.24, 2.45) is 5.92 Å². The molecule has 3 atom stereocenters. The lowest BCUT2D eigenvalue weighted by Gasteiger charge is -2.13. The van der Waals surface area contributed by atoms with E-state index >= 15 is 0 Å². The van der Waals surface area contributed by atoms with E-state index in [2.05, 4.69) is 12.2 Å². The van der Waals surface area contributed by atoms with Crippen LogP contribution < -0.4 is 5.32 Å². The maximum absolute atomic E-state index is 3.48. The SMILES string of the molecule is C[C@@H]1CCC[C@H]2N[C@@H]12. The van der Waals surface area contributed by atoms with E-state index in [1.54, 1.807) is 0 Å². The zero-order chi connectivity index (χ0) is 5.56. The first kappa shape index (κ1) is 4.80. The molecule has 2 rings (SSSR count).